The molecule has 11 heteroatoms. The number of hydrogen-bond acceptors (Lipinski definition) is 5. The molecule has 2 heterocycles. The number of methoxy groups -OCH3 is 1. The summed E-state index contributed by atoms with van der Waals surface area (Å²) in [5.41, 5.74) is 0.105. The normalized spacial score (nSPS) is 17.8. The number of fused-ring (bicyclic) bond motifs is 1. The average Bonchev–Trinajstić information content (AvgIpc) is 3.08. The number of esters is 1. The van der Waals surface area contributed by atoms with Crippen molar-refractivity contribution in [2.24, 2.45) is 0 Å². The fourth-order valence-electron chi connectivity index (χ4n) is 3.34. The zero-order chi connectivity index (χ0) is 21.4. The van der Waals surface area contributed by atoms with Crippen LogP contribution in [0.2, 0.25) is 0 Å². The maximum absolute atomic E-state index is 13.2. The molecule has 1 atom stereocenters. The third-order valence-electron chi connectivity index (χ3n) is 4.78. The van der Waals surface area contributed by atoms with Crippen LogP contribution in [-0.2, 0) is 45.2 Å². The van der Waals surface area contributed by atoms with Gasteiger partial charge in [0, 0.05) is 13.0 Å². The van der Waals surface area contributed by atoms with Crippen molar-refractivity contribution in [2.45, 2.75) is 50.0 Å². The number of sulfonamides is 1. The third-order valence-corrected chi connectivity index (χ3v) is 6.63. The summed E-state index contributed by atoms with van der Waals surface area (Å²) in [6.45, 7) is 2.36. The van der Waals surface area contributed by atoms with Crippen LogP contribution in [0.1, 0.15) is 30.3 Å². The standard InChI is InChI=1S/C18H20F3N3O4S/c1-3-7-23-11-22-14-9-15(17(25)28-2)24(10-16(14)23)29(26,27)13-6-4-5-12(8-13)18(19,20)21/h4-6,8,11,15H,3,7,9-10H2,1-2H3/t15-/m0/s1. The molecule has 0 N–H and O–H groups in total. The molecule has 1 aliphatic rings. The monoisotopic (exact) mass is 431 g/mol. The van der Waals surface area contributed by atoms with Crippen molar-refractivity contribution < 1.29 is 31.1 Å². The fourth-order valence-corrected chi connectivity index (χ4v) is 4.92. The van der Waals surface area contributed by atoms with Gasteiger partial charge in [0.15, 0.2) is 0 Å². The van der Waals surface area contributed by atoms with Crippen LogP contribution < -0.4 is 0 Å². The summed E-state index contributed by atoms with van der Waals surface area (Å²) in [5.74, 6) is -0.795. The molecule has 0 amide bonds. The van der Waals surface area contributed by atoms with Crippen LogP contribution in [-0.4, -0.2) is 41.4 Å². The number of alkyl halides is 3. The van der Waals surface area contributed by atoms with Gasteiger partial charge in [-0.05, 0) is 24.6 Å². The number of benzene rings is 1. The van der Waals surface area contributed by atoms with E-state index in [0.717, 1.165) is 36.0 Å². The SMILES string of the molecule is CCCn1cnc2c1CN(S(=O)(=O)c1cccc(C(F)(F)F)c1)[C@H](C(=O)OC)C2. The van der Waals surface area contributed by atoms with Gasteiger partial charge < -0.3 is 9.30 Å². The number of aromatic nitrogens is 2. The molecule has 29 heavy (non-hydrogen) atoms. The van der Waals surface area contributed by atoms with Crippen molar-refractivity contribution >= 4 is 16.0 Å². The van der Waals surface area contributed by atoms with Gasteiger partial charge in [-0.15, -0.1) is 0 Å². The molecule has 158 valence electrons. The summed E-state index contributed by atoms with van der Waals surface area (Å²) >= 11 is 0. The zero-order valence-electron chi connectivity index (χ0n) is 15.8. The van der Waals surface area contributed by atoms with E-state index in [9.17, 15) is 26.4 Å². The quantitative estimate of drug-likeness (QED) is 0.680. The number of carbonyl (C=O) groups is 1. The van der Waals surface area contributed by atoms with Crippen LogP contribution in [0, 0.1) is 0 Å². The molecule has 0 fully saturated rings. The molecule has 0 aliphatic carbocycles. The summed E-state index contributed by atoms with van der Waals surface area (Å²) in [6, 6.07) is 2.26. The van der Waals surface area contributed by atoms with Gasteiger partial charge in [0.2, 0.25) is 10.0 Å². The Morgan fingerprint density at radius 1 is 1.34 bits per heavy atom. The van der Waals surface area contributed by atoms with Crippen LogP contribution in [0.4, 0.5) is 13.2 Å². The number of nitrogens with zero attached hydrogens (tertiary/aromatic N) is 3. The maximum atomic E-state index is 13.2. The number of carbonyl (C=O) groups excluding carboxylic acids is 1. The van der Waals surface area contributed by atoms with E-state index >= 15 is 0 Å². The van der Waals surface area contributed by atoms with E-state index in [2.05, 4.69) is 4.98 Å². The number of ether oxygens (including phenoxy) is 1. The molecule has 2 aromatic rings. The topological polar surface area (TPSA) is 81.5 Å². The molecule has 0 saturated carbocycles. The van der Waals surface area contributed by atoms with Crippen LogP contribution in [0.5, 0.6) is 0 Å². The second-order valence-corrected chi connectivity index (χ2v) is 8.54. The first kappa shape index (κ1) is 21.3. The minimum Gasteiger partial charge on any atom is -0.468 e. The Hall–Kier alpha value is -2.40. The Labute approximate surface area is 166 Å². The second kappa shape index (κ2) is 7.79. The lowest BCUT2D eigenvalue weighted by Gasteiger charge is -2.33. The molecule has 1 aromatic carbocycles. The fraction of sp³-hybridized carbons (Fsp3) is 0.444. The molecular weight excluding hydrogens is 411 g/mol. The van der Waals surface area contributed by atoms with Gasteiger partial charge in [-0.1, -0.05) is 13.0 Å². The first-order chi connectivity index (χ1) is 13.6. The number of aryl methyl sites for hydroxylation is 1. The molecular formula is C18H20F3N3O4S. The van der Waals surface area contributed by atoms with E-state index < -0.39 is 38.7 Å². The molecule has 0 radical (unpaired) electrons. The molecule has 0 saturated heterocycles. The van der Waals surface area contributed by atoms with E-state index in [-0.39, 0.29) is 13.0 Å². The van der Waals surface area contributed by atoms with Crippen LogP contribution in [0.15, 0.2) is 35.5 Å². The van der Waals surface area contributed by atoms with Crippen LogP contribution in [0.25, 0.3) is 0 Å². The number of halogens is 3. The molecule has 3 rings (SSSR count). The lowest BCUT2D eigenvalue weighted by Crippen LogP contribution is -2.49. The van der Waals surface area contributed by atoms with Crippen LogP contribution in [0.3, 0.4) is 0 Å². The summed E-state index contributed by atoms with van der Waals surface area (Å²) in [5, 5.41) is 0. The predicted octanol–water partition coefficient (Wildman–Crippen LogP) is 2.60. The molecule has 0 bridgehead atoms. The Morgan fingerprint density at radius 2 is 2.07 bits per heavy atom. The van der Waals surface area contributed by atoms with E-state index in [1.165, 1.54) is 0 Å². The second-order valence-electron chi connectivity index (χ2n) is 6.65. The van der Waals surface area contributed by atoms with Crippen molar-refractivity contribution in [3.63, 3.8) is 0 Å². The maximum Gasteiger partial charge on any atom is 0.416 e. The van der Waals surface area contributed by atoms with E-state index in [1.807, 2.05) is 6.92 Å². The highest BCUT2D eigenvalue weighted by molar-refractivity contribution is 7.89. The van der Waals surface area contributed by atoms with E-state index in [4.69, 9.17) is 4.74 Å². The Kier molecular flexibility index (Phi) is 5.72. The molecule has 0 spiro atoms. The summed E-state index contributed by atoms with van der Waals surface area (Å²) in [7, 11) is -3.28. The van der Waals surface area contributed by atoms with Gasteiger partial charge in [0.05, 0.1) is 41.8 Å². The zero-order valence-corrected chi connectivity index (χ0v) is 16.6. The number of rotatable bonds is 5. The first-order valence-corrected chi connectivity index (χ1v) is 10.3. The summed E-state index contributed by atoms with van der Waals surface area (Å²) < 4.78 is 73.0. The number of hydrogen-bond donors (Lipinski definition) is 0. The summed E-state index contributed by atoms with van der Waals surface area (Å²) in [6.07, 6.45) is -2.36. The summed E-state index contributed by atoms with van der Waals surface area (Å²) in [4.78, 5) is 16.0. The highest BCUT2D eigenvalue weighted by Gasteiger charge is 2.42. The highest BCUT2D eigenvalue weighted by atomic mass is 32.2. The minimum absolute atomic E-state index is 0.0170. The van der Waals surface area contributed by atoms with Gasteiger partial charge in [0.1, 0.15) is 6.04 Å². The Bertz CT molecular complexity index is 1020. The average molecular weight is 431 g/mol. The molecule has 7 nitrogen and oxygen atoms in total. The minimum atomic E-state index is -4.69. The van der Waals surface area contributed by atoms with E-state index in [1.54, 1.807) is 10.9 Å². The Morgan fingerprint density at radius 3 is 2.69 bits per heavy atom. The third kappa shape index (κ3) is 4.01. The first-order valence-electron chi connectivity index (χ1n) is 8.89. The van der Waals surface area contributed by atoms with Gasteiger partial charge in [-0.2, -0.15) is 17.5 Å². The lowest BCUT2D eigenvalue weighted by molar-refractivity contribution is -0.145. The molecule has 0 unspecified atom stereocenters. The van der Waals surface area contributed by atoms with E-state index in [0.29, 0.717) is 24.0 Å². The molecule has 1 aromatic heterocycles. The lowest BCUT2D eigenvalue weighted by atomic mass is 10.1. The van der Waals surface area contributed by atoms with Crippen molar-refractivity contribution in [2.75, 3.05) is 7.11 Å². The largest absolute Gasteiger partial charge is 0.468 e. The van der Waals surface area contributed by atoms with Crippen LogP contribution >= 0.6 is 0 Å². The van der Waals surface area contributed by atoms with Crippen molar-refractivity contribution in [1.82, 2.24) is 13.9 Å². The van der Waals surface area contributed by atoms with Gasteiger partial charge >= 0.3 is 12.1 Å². The van der Waals surface area contributed by atoms with Crippen molar-refractivity contribution in [3.8, 4) is 0 Å². The number of imidazole rings is 1. The Balaban J connectivity index is 2.07. The highest BCUT2D eigenvalue weighted by Crippen LogP contribution is 2.33. The molecule has 1 aliphatic heterocycles. The van der Waals surface area contributed by atoms with Gasteiger partial charge in [0.25, 0.3) is 0 Å². The van der Waals surface area contributed by atoms with Gasteiger partial charge in [-0.25, -0.2) is 13.4 Å². The van der Waals surface area contributed by atoms with Crippen molar-refractivity contribution in [3.05, 3.63) is 47.5 Å². The smallest absolute Gasteiger partial charge is 0.416 e. The predicted molar refractivity (Wildman–Crippen MR) is 96.2 cm³/mol. The van der Waals surface area contributed by atoms with Crippen molar-refractivity contribution in [1.29, 1.82) is 0 Å². The van der Waals surface area contributed by atoms with Gasteiger partial charge in [-0.3, -0.25) is 4.79 Å².